The third-order valence-electron chi connectivity index (χ3n) is 3.18. The van der Waals surface area contributed by atoms with Crippen LogP contribution in [0.15, 0.2) is 57.7 Å². The highest BCUT2D eigenvalue weighted by Gasteiger charge is 2.14. The van der Waals surface area contributed by atoms with Crippen LogP contribution in [0, 0.1) is 10.1 Å². The third-order valence-corrected chi connectivity index (χ3v) is 3.73. The van der Waals surface area contributed by atoms with E-state index in [1.54, 1.807) is 18.2 Å². The number of rotatable bonds is 3. The molecule has 3 aromatic rings. The highest BCUT2D eigenvalue weighted by Crippen LogP contribution is 2.30. The Morgan fingerprint density at radius 2 is 1.88 bits per heavy atom. The Morgan fingerprint density at radius 3 is 2.58 bits per heavy atom. The predicted octanol–water partition coefficient (Wildman–Crippen LogP) is 4.58. The Morgan fingerprint density at radius 1 is 1.08 bits per heavy atom. The van der Waals surface area contributed by atoms with Crippen LogP contribution in [-0.4, -0.2) is 9.91 Å². The van der Waals surface area contributed by atoms with E-state index in [2.05, 4.69) is 4.98 Å². The van der Waals surface area contributed by atoms with Gasteiger partial charge in [0.25, 0.3) is 5.69 Å². The lowest BCUT2D eigenvalue weighted by atomic mass is 10.1. The van der Waals surface area contributed by atoms with E-state index in [1.807, 2.05) is 0 Å². The van der Waals surface area contributed by atoms with Crippen LogP contribution in [0.4, 0.5) is 5.69 Å². The molecule has 0 fully saturated rings. The highest BCUT2D eigenvalue weighted by molar-refractivity contribution is 6.36. The maximum Gasteiger partial charge on any atom is 0.339 e. The topological polar surface area (TPSA) is 86.2 Å². The first-order valence-corrected chi connectivity index (χ1v) is 7.42. The molecular formula is C16H8Cl2N2O4. The van der Waals surface area contributed by atoms with Crippen molar-refractivity contribution in [1.82, 2.24) is 4.98 Å². The van der Waals surface area contributed by atoms with Crippen molar-refractivity contribution < 1.29 is 9.34 Å². The normalized spacial score (nSPS) is 10.6. The van der Waals surface area contributed by atoms with Gasteiger partial charge in [0.2, 0.25) is 5.89 Å². The second-order valence-electron chi connectivity index (χ2n) is 4.80. The highest BCUT2D eigenvalue weighted by atomic mass is 35.5. The molecule has 0 aliphatic heterocycles. The maximum atomic E-state index is 11.8. The second kappa shape index (κ2) is 6.43. The monoisotopic (exact) mass is 362 g/mol. The summed E-state index contributed by atoms with van der Waals surface area (Å²) in [7, 11) is 0. The van der Waals surface area contributed by atoms with E-state index in [-0.39, 0.29) is 17.3 Å². The lowest BCUT2D eigenvalue weighted by Crippen LogP contribution is -2.02. The molecule has 0 amide bonds. The zero-order valence-corrected chi connectivity index (χ0v) is 13.4. The molecule has 0 spiro atoms. The SMILES string of the molecule is O=c1cc(-c2ccc(Cl)cc2Cl)nc(-c2cccc([N+](=O)[O-])c2)o1. The summed E-state index contributed by atoms with van der Waals surface area (Å²) in [6.45, 7) is 0. The fourth-order valence-corrected chi connectivity index (χ4v) is 2.62. The summed E-state index contributed by atoms with van der Waals surface area (Å²) in [6, 6.07) is 11.6. The van der Waals surface area contributed by atoms with Gasteiger partial charge in [-0.3, -0.25) is 10.1 Å². The van der Waals surface area contributed by atoms with E-state index < -0.39 is 10.5 Å². The van der Waals surface area contributed by atoms with Crippen LogP contribution in [0.25, 0.3) is 22.7 Å². The van der Waals surface area contributed by atoms with E-state index in [9.17, 15) is 14.9 Å². The van der Waals surface area contributed by atoms with Gasteiger partial charge in [0.05, 0.1) is 21.7 Å². The lowest BCUT2D eigenvalue weighted by Gasteiger charge is -2.06. The Hall–Kier alpha value is -2.70. The fourth-order valence-electron chi connectivity index (χ4n) is 2.11. The number of aromatic nitrogens is 1. The van der Waals surface area contributed by atoms with Gasteiger partial charge in [-0.15, -0.1) is 0 Å². The number of nitro benzene ring substituents is 1. The van der Waals surface area contributed by atoms with E-state index in [1.165, 1.54) is 30.3 Å². The number of non-ortho nitro benzene ring substituents is 1. The van der Waals surface area contributed by atoms with Crippen molar-refractivity contribution in [2.45, 2.75) is 0 Å². The molecule has 0 bridgehead atoms. The maximum absolute atomic E-state index is 11.8. The number of nitrogens with zero attached hydrogens (tertiary/aromatic N) is 2. The van der Waals surface area contributed by atoms with Gasteiger partial charge in [0, 0.05) is 28.3 Å². The minimum Gasteiger partial charge on any atom is -0.404 e. The van der Waals surface area contributed by atoms with Gasteiger partial charge in [-0.05, 0) is 24.3 Å². The van der Waals surface area contributed by atoms with Gasteiger partial charge in [-0.25, -0.2) is 9.78 Å². The molecule has 0 radical (unpaired) electrons. The van der Waals surface area contributed by atoms with E-state index in [4.69, 9.17) is 27.6 Å². The number of nitro groups is 1. The molecule has 3 rings (SSSR count). The van der Waals surface area contributed by atoms with Gasteiger partial charge in [-0.2, -0.15) is 0 Å². The van der Waals surface area contributed by atoms with Crippen LogP contribution in [-0.2, 0) is 0 Å². The summed E-state index contributed by atoms with van der Waals surface area (Å²) in [4.78, 5) is 26.4. The van der Waals surface area contributed by atoms with Crippen LogP contribution in [0.5, 0.6) is 0 Å². The molecule has 6 nitrogen and oxygen atoms in total. The predicted molar refractivity (Wildman–Crippen MR) is 90.3 cm³/mol. The van der Waals surface area contributed by atoms with E-state index in [0.717, 1.165) is 0 Å². The van der Waals surface area contributed by atoms with E-state index in [0.29, 0.717) is 21.2 Å². The van der Waals surface area contributed by atoms with Crippen molar-refractivity contribution in [1.29, 1.82) is 0 Å². The molecule has 120 valence electrons. The average molecular weight is 363 g/mol. The molecule has 1 aromatic heterocycles. The molecule has 0 saturated heterocycles. The zero-order valence-electron chi connectivity index (χ0n) is 11.9. The lowest BCUT2D eigenvalue weighted by molar-refractivity contribution is -0.384. The number of hydrogen-bond donors (Lipinski definition) is 0. The molecule has 0 N–H and O–H groups in total. The number of benzene rings is 2. The van der Waals surface area contributed by atoms with Gasteiger partial charge in [-0.1, -0.05) is 29.3 Å². The standard InChI is InChI=1S/C16H8Cl2N2O4/c17-10-4-5-12(13(18)7-10)14-8-15(21)24-16(19-14)9-2-1-3-11(6-9)20(22)23/h1-8H. The first-order valence-electron chi connectivity index (χ1n) is 6.66. The van der Waals surface area contributed by atoms with Crippen molar-refractivity contribution in [3.8, 4) is 22.7 Å². The number of hydrogen-bond acceptors (Lipinski definition) is 5. The smallest absolute Gasteiger partial charge is 0.339 e. The van der Waals surface area contributed by atoms with Crippen LogP contribution in [0.3, 0.4) is 0 Å². The average Bonchev–Trinajstić information content (AvgIpc) is 2.54. The molecule has 0 atom stereocenters. The van der Waals surface area contributed by atoms with Crippen LogP contribution in [0.2, 0.25) is 10.0 Å². The van der Waals surface area contributed by atoms with Crippen LogP contribution in [0.1, 0.15) is 0 Å². The summed E-state index contributed by atoms with van der Waals surface area (Å²) >= 11 is 12.0. The third kappa shape index (κ3) is 3.29. The molecule has 8 heteroatoms. The van der Waals surface area contributed by atoms with Gasteiger partial charge in [0.1, 0.15) is 0 Å². The zero-order chi connectivity index (χ0) is 17.3. The minimum atomic E-state index is -0.646. The van der Waals surface area contributed by atoms with Crippen LogP contribution < -0.4 is 5.63 Å². The molecule has 0 aliphatic rings. The Balaban J connectivity index is 2.15. The van der Waals surface area contributed by atoms with Gasteiger partial charge in [0.15, 0.2) is 0 Å². The molecule has 1 heterocycles. The van der Waals surface area contributed by atoms with Crippen molar-refractivity contribution in [2.24, 2.45) is 0 Å². The molecule has 0 unspecified atom stereocenters. The molecular weight excluding hydrogens is 355 g/mol. The van der Waals surface area contributed by atoms with Gasteiger partial charge >= 0.3 is 5.63 Å². The Kier molecular flexibility index (Phi) is 4.33. The summed E-state index contributed by atoms with van der Waals surface area (Å²) < 4.78 is 5.07. The Labute approximate surface area is 145 Å². The second-order valence-corrected chi connectivity index (χ2v) is 5.64. The van der Waals surface area contributed by atoms with Crippen molar-refractivity contribution in [3.05, 3.63) is 79.1 Å². The summed E-state index contributed by atoms with van der Waals surface area (Å²) in [6.07, 6.45) is 0. The quantitative estimate of drug-likeness (QED) is 0.502. The van der Waals surface area contributed by atoms with Gasteiger partial charge < -0.3 is 4.42 Å². The molecule has 0 aliphatic carbocycles. The summed E-state index contributed by atoms with van der Waals surface area (Å²) in [5.41, 5.74) is 0.322. The molecule has 0 saturated carbocycles. The minimum absolute atomic E-state index is 0.0350. The van der Waals surface area contributed by atoms with Crippen molar-refractivity contribution in [2.75, 3.05) is 0 Å². The van der Waals surface area contributed by atoms with Crippen molar-refractivity contribution in [3.63, 3.8) is 0 Å². The summed E-state index contributed by atoms with van der Waals surface area (Å²) in [5, 5.41) is 11.7. The van der Waals surface area contributed by atoms with Crippen LogP contribution >= 0.6 is 23.2 Å². The molecule has 2 aromatic carbocycles. The fraction of sp³-hybridized carbons (Fsp3) is 0. The number of halogens is 2. The van der Waals surface area contributed by atoms with Crippen molar-refractivity contribution >= 4 is 28.9 Å². The molecule has 24 heavy (non-hydrogen) atoms. The van der Waals surface area contributed by atoms with E-state index >= 15 is 0 Å². The first-order chi connectivity index (χ1) is 11.4. The largest absolute Gasteiger partial charge is 0.404 e. The summed E-state index contributed by atoms with van der Waals surface area (Å²) in [5.74, 6) is -0.0350. The Bertz CT molecular complexity index is 1000. The first kappa shape index (κ1) is 16.2.